The van der Waals surface area contributed by atoms with E-state index in [1.165, 1.54) is 17.5 Å². The van der Waals surface area contributed by atoms with E-state index in [1.807, 2.05) is 0 Å². The van der Waals surface area contributed by atoms with Crippen LogP contribution in [0.15, 0.2) is 4.90 Å². The Bertz CT molecular complexity index is 562. The summed E-state index contributed by atoms with van der Waals surface area (Å²) in [4.78, 5) is 0.0564. The minimum atomic E-state index is -3.63. The van der Waals surface area contributed by atoms with Crippen LogP contribution >= 0.6 is 0 Å². The summed E-state index contributed by atoms with van der Waals surface area (Å²) in [6, 6.07) is 0. The minimum Gasteiger partial charge on any atom is -0.381 e. The molecule has 0 aliphatic heterocycles. The second kappa shape index (κ2) is 6.11. The number of hydrogen-bond acceptors (Lipinski definition) is 5. The lowest BCUT2D eigenvalue weighted by atomic mass is 10.3. The van der Waals surface area contributed by atoms with E-state index in [2.05, 4.69) is 9.82 Å². The largest absolute Gasteiger partial charge is 0.381 e. The van der Waals surface area contributed by atoms with E-state index < -0.39 is 10.0 Å². The summed E-state index contributed by atoms with van der Waals surface area (Å²) in [7, 11) is -1.97. The monoisotopic (exact) mass is 302 g/mol. The molecule has 0 atom stereocenters. The Hall–Kier alpha value is -1.12. The highest BCUT2D eigenvalue weighted by atomic mass is 32.2. The van der Waals surface area contributed by atoms with Gasteiger partial charge in [0.2, 0.25) is 10.0 Å². The fraction of sp³-hybridized carbons (Fsp3) is 0.750. The number of aryl methyl sites for hydroxylation is 1. The Morgan fingerprint density at radius 2 is 2.10 bits per heavy atom. The fourth-order valence-electron chi connectivity index (χ4n) is 2.48. The molecule has 1 aromatic heterocycles. The van der Waals surface area contributed by atoms with Crippen LogP contribution in [0.4, 0.5) is 5.82 Å². The molecule has 0 amide bonds. The summed E-state index contributed by atoms with van der Waals surface area (Å²) >= 11 is 0. The standard InChI is InChI=1S/C12H22N4O3S/c1-9-11(12(13)15-16(9)2)20(17,18)14-7-8-19-10-5-3-4-6-10/h10,14H,3-8H2,1-2H3,(H2,13,15). The summed E-state index contributed by atoms with van der Waals surface area (Å²) in [5.41, 5.74) is 6.17. The van der Waals surface area contributed by atoms with Crippen LogP contribution in [-0.4, -0.2) is 37.5 Å². The van der Waals surface area contributed by atoms with E-state index in [0.29, 0.717) is 12.3 Å². The van der Waals surface area contributed by atoms with Crippen LogP contribution in [0.5, 0.6) is 0 Å². The van der Waals surface area contributed by atoms with Crippen molar-refractivity contribution in [2.75, 3.05) is 18.9 Å². The summed E-state index contributed by atoms with van der Waals surface area (Å²) in [5.74, 6) is 0.0224. The van der Waals surface area contributed by atoms with Crippen LogP contribution in [-0.2, 0) is 21.8 Å². The van der Waals surface area contributed by atoms with Crippen molar-refractivity contribution < 1.29 is 13.2 Å². The molecule has 0 spiro atoms. The number of nitrogens with zero attached hydrogens (tertiary/aromatic N) is 2. The van der Waals surface area contributed by atoms with Gasteiger partial charge in [-0.2, -0.15) is 5.10 Å². The predicted molar refractivity (Wildman–Crippen MR) is 75.8 cm³/mol. The zero-order valence-electron chi connectivity index (χ0n) is 11.9. The van der Waals surface area contributed by atoms with Crippen LogP contribution in [0.1, 0.15) is 31.4 Å². The Morgan fingerprint density at radius 3 is 2.65 bits per heavy atom. The summed E-state index contributed by atoms with van der Waals surface area (Å²) in [6.45, 7) is 2.29. The van der Waals surface area contributed by atoms with Crippen molar-refractivity contribution in [1.82, 2.24) is 14.5 Å². The number of sulfonamides is 1. The molecular weight excluding hydrogens is 280 g/mol. The van der Waals surface area contributed by atoms with Gasteiger partial charge in [-0.25, -0.2) is 13.1 Å². The van der Waals surface area contributed by atoms with Crippen LogP contribution in [0.3, 0.4) is 0 Å². The third kappa shape index (κ3) is 3.31. The highest BCUT2D eigenvalue weighted by Crippen LogP contribution is 2.21. The maximum Gasteiger partial charge on any atom is 0.246 e. The summed E-state index contributed by atoms with van der Waals surface area (Å²) in [6.07, 6.45) is 4.82. The number of ether oxygens (including phenoxy) is 1. The van der Waals surface area contributed by atoms with Gasteiger partial charge in [-0.1, -0.05) is 12.8 Å². The molecule has 1 heterocycles. The van der Waals surface area contributed by atoms with E-state index in [1.54, 1.807) is 14.0 Å². The van der Waals surface area contributed by atoms with E-state index in [-0.39, 0.29) is 23.4 Å². The molecule has 0 radical (unpaired) electrons. The Balaban J connectivity index is 1.90. The molecule has 1 saturated carbocycles. The molecule has 1 aliphatic carbocycles. The first kappa shape index (κ1) is 15.3. The highest BCUT2D eigenvalue weighted by Gasteiger charge is 2.24. The van der Waals surface area contributed by atoms with E-state index in [9.17, 15) is 8.42 Å². The van der Waals surface area contributed by atoms with Gasteiger partial charge in [0, 0.05) is 13.6 Å². The maximum absolute atomic E-state index is 12.2. The maximum atomic E-state index is 12.2. The van der Waals surface area contributed by atoms with Crippen molar-refractivity contribution in [3.05, 3.63) is 5.69 Å². The SMILES string of the molecule is Cc1c(S(=O)(=O)NCCOC2CCCC2)c(N)nn1C. The third-order valence-corrected chi connectivity index (χ3v) is 5.25. The number of hydrogen-bond donors (Lipinski definition) is 2. The molecule has 0 unspecified atom stereocenters. The van der Waals surface area contributed by atoms with Crippen molar-refractivity contribution >= 4 is 15.8 Å². The molecule has 1 aromatic rings. The van der Waals surface area contributed by atoms with Crippen molar-refractivity contribution in [2.45, 2.75) is 43.6 Å². The van der Waals surface area contributed by atoms with Gasteiger partial charge in [0.25, 0.3) is 0 Å². The van der Waals surface area contributed by atoms with Crippen molar-refractivity contribution in [3.63, 3.8) is 0 Å². The van der Waals surface area contributed by atoms with Crippen LogP contribution in [0.25, 0.3) is 0 Å². The van der Waals surface area contributed by atoms with Crippen LogP contribution < -0.4 is 10.5 Å². The molecule has 20 heavy (non-hydrogen) atoms. The number of rotatable bonds is 6. The number of nitrogens with two attached hydrogens (primary N) is 1. The molecule has 0 aromatic carbocycles. The summed E-state index contributed by atoms with van der Waals surface area (Å²) in [5, 5.41) is 3.91. The average Bonchev–Trinajstić information content (AvgIpc) is 2.95. The zero-order chi connectivity index (χ0) is 14.8. The van der Waals surface area contributed by atoms with Gasteiger partial charge < -0.3 is 10.5 Å². The molecule has 2 rings (SSSR count). The molecular formula is C12H22N4O3S. The Morgan fingerprint density at radius 1 is 1.45 bits per heavy atom. The van der Waals surface area contributed by atoms with Gasteiger partial charge in [-0.15, -0.1) is 0 Å². The van der Waals surface area contributed by atoms with Crippen molar-refractivity contribution in [2.24, 2.45) is 7.05 Å². The van der Waals surface area contributed by atoms with Crippen LogP contribution in [0.2, 0.25) is 0 Å². The molecule has 114 valence electrons. The number of anilines is 1. The second-order valence-corrected chi connectivity index (χ2v) is 6.80. The smallest absolute Gasteiger partial charge is 0.246 e. The normalized spacial score (nSPS) is 16.9. The summed E-state index contributed by atoms with van der Waals surface area (Å²) < 4.78 is 34.0. The first-order valence-corrected chi connectivity index (χ1v) is 8.30. The first-order valence-electron chi connectivity index (χ1n) is 6.82. The Kier molecular flexibility index (Phi) is 4.66. The fourth-order valence-corrected chi connectivity index (χ4v) is 3.81. The Labute approximate surface area is 119 Å². The lowest BCUT2D eigenvalue weighted by molar-refractivity contribution is 0.0626. The van der Waals surface area contributed by atoms with Gasteiger partial charge in [0.05, 0.1) is 18.4 Å². The average molecular weight is 302 g/mol. The van der Waals surface area contributed by atoms with E-state index in [0.717, 1.165) is 12.8 Å². The second-order valence-electron chi connectivity index (χ2n) is 5.10. The van der Waals surface area contributed by atoms with Gasteiger partial charge in [0.1, 0.15) is 4.90 Å². The third-order valence-electron chi connectivity index (χ3n) is 3.62. The molecule has 1 aliphatic rings. The van der Waals surface area contributed by atoms with Gasteiger partial charge in [-0.05, 0) is 19.8 Å². The molecule has 8 heteroatoms. The van der Waals surface area contributed by atoms with E-state index >= 15 is 0 Å². The topological polar surface area (TPSA) is 99.2 Å². The first-order chi connectivity index (χ1) is 9.42. The van der Waals surface area contributed by atoms with Crippen molar-refractivity contribution in [3.8, 4) is 0 Å². The lowest BCUT2D eigenvalue weighted by Crippen LogP contribution is -2.29. The molecule has 0 bridgehead atoms. The zero-order valence-corrected chi connectivity index (χ0v) is 12.7. The number of nitrogen functional groups attached to an aromatic ring is 1. The predicted octanol–water partition coefficient (Wildman–Crippen LogP) is 0.548. The molecule has 3 N–H and O–H groups in total. The molecule has 7 nitrogen and oxygen atoms in total. The highest BCUT2D eigenvalue weighted by molar-refractivity contribution is 7.89. The van der Waals surface area contributed by atoms with Gasteiger partial charge in [0.15, 0.2) is 5.82 Å². The number of aromatic nitrogens is 2. The van der Waals surface area contributed by atoms with Crippen LogP contribution in [0, 0.1) is 6.92 Å². The van der Waals surface area contributed by atoms with Gasteiger partial charge >= 0.3 is 0 Å². The van der Waals surface area contributed by atoms with E-state index in [4.69, 9.17) is 10.5 Å². The number of nitrogens with one attached hydrogen (secondary N) is 1. The minimum absolute atomic E-state index is 0.0224. The molecule has 1 fully saturated rings. The van der Waals surface area contributed by atoms with Crippen molar-refractivity contribution in [1.29, 1.82) is 0 Å². The lowest BCUT2D eigenvalue weighted by Gasteiger charge is -2.11. The quantitative estimate of drug-likeness (QED) is 0.748. The van der Waals surface area contributed by atoms with Gasteiger partial charge in [-0.3, -0.25) is 4.68 Å². The molecule has 0 saturated heterocycles.